The fourth-order valence-electron chi connectivity index (χ4n) is 1.72. The number of amides is 1. The van der Waals surface area contributed by atoms with Gasteiger partial charge in [-0.15, -0.1) is 0 Å². The number of nitrogens with zero attached hydrogens (tertiary/aromatic N) is 2. The Labute approximate surface area is 105 Å². The lowest BCUT2D eigenvalue weighted by atomic mass is 10.2. The number of carbonyl (C=O) groups is 1. The minimum absolute atomic E-state index is 0.307. The summed E-state index contributed by atoms with van der Waals surface area (Å²) < 4.78 is 0. The summed E-state index contributed by atoms with van der Waals surface area (Å²) in [5.74, 6) is 7.12. The van der Waals surface area contributed by atoms with Crippen LogP contribution < -0.4 is 11.3 Å². The fourth-order valence-corrected chi connectivity index (χ4v) is 2.70. The van der Waals surface area contributed by atoms with Crippen LogP contribution in [-0.4, -0.2) is 40.4 Å². The molecule has 17 heavy (non-hydrogen) atoms. The molecule has 2 rings (SSSR count). The van der Waals surface area contributed by atoms with Gasteiger partial charge in [0.05, 0.1) is 11.3 Å². The molecule has 0 unspecified atom stereocenters. The zero-order valence-electron chi connectivity index (χ0n) is 9.56. The van der Waals surface area contributed by atoms with Crippen molar-refractivity contribution in [2.45, 2.75) is 6.54 Å². The van der Waals surface area contributed by atoms with Crippen LogP contribution in [0.25, 0.3) is 0 Å². The smallest absolute Gasteiger partial charge is 0.266 e. The predicted octanol–water partition coefficient (Wildman–Crippen LogP) is 0.234. The van der Waals surface area contributed by atoms with E-state index >= 15 is 0 Å². The van der Waals surface area contributed by atoms with Crippen molar-refractivity contribution in [3.63, 3.8) is 0 Å². The molecular formula is C11H16N4OS. The van der Waals surface area contributed by atoms with Gasteiger partial charge in [0, 0.05) is 37.3 Å². The van der Waals surface area contributed by atoms with Crippen LogP contribution in [0.3, 0.4) is 0 Å². The molecule has 1 amide bonds. The predicted molar refractivity (Wildman–Crippen MR) is 68.5 cm³/mol. The Balaban J connectivity index is 1.95. The molecule has 1 saturated heterocycles. The van der Waals surface area contributed by atoms with E-state index in [2.05, 4.69) is 15.3 Å². The molecular weight excluding hydrogens is 236 g/mol. The lowest BCUT2D eigenvalue weighted by Gasteiger charge is -2.25. The minimum Gasteiger partial charge on any atom is -0.296 e. The molecule has 0 atom stereocenters. The quantitative estimate of drug-likeness (QED) is 0.458. The molecule has 0 spiro atoms. The van der Waals surface area contributed by atoms with Crippen molar-refractivity contribution in [2.24, 2.45) is 5.84 Å². The molecule has 0 aromatic carbocycles. The van der Waals surface area contributed by atoms with Crippen molar-refractivity contribution in [1.29, 1.82) is 0 Å². The van der Waals surface area contributed by atoms with E-state index in [9.17, 15) is 4.79 Å². The monoisotopic (exact) mass is 252 g/mol. The number of hydrazine groups is 1. The second-order valence-electron chi connectivity index (χ2n) is 3.90. The second-order valence-corrected chi connectivity index (χ2v) is 5.12. The second kappa shape index (κ2) is 6.00. The fraction of sp³-hybridized carbons (Fsp3) is 0.455. The van der Waals surface area contributed by atoms with Gasteiger partial charge in [-0.05, 0) is 12.1 Å². The molecule has 5 nitrogen and oxygen atoms in total. The van der Waals surface area contributed by atoms with Crippen LogP contribution >= 0.6 is 11.8 Å². The van der Waals surface area contributed by atoms with Crippen LogP contribution in [0.5, 0.6) is 0 Å². The highest BCUT2D eigenvalue weighted by Gasteiger charge is 2.11. The molecule has 3 N–H and O–H groups in total. The van der Waals surface area contributed by atoms with Crippen molar-refractivity contribution in [3.8, 4) is 0 Å². The molecule has 1 fully saturated rings. The Hall–Kier alpha value is -1.11. The van der Waals surface area contributed by atoms with Gasteiger partial charge in [-0.25, -0.2) is 5.84 Å². The van der Waals surface area contributed by atoms with Crippen LogP contribution in [0.15, 0.2) is 18.3 Å². The number of nitrogens with one attached hydrogen (secondary N) is 1. The van der Waals surface area contributed by atoms with E-state index in [-0.39, 0.29) is 5.91 Å². The summed E-state index contributed by atoms with van der Waals surface area (Å²) in [6, 6.07) is 3.63. The van der Waals surface area contributed by atoms with Gasteiger partial charge in [-0.1, -0.05) is 0 Å². The molecule has 92 valence electrons. The lowest BCUT2D eigenvalue weighted by molar-refractivity contribution is 0.0953. The highest BCUT2D eigenvalue weighted by molar-refractivity contribution is 7.99. The zero-order valence-corrected chi connectivity index (χ0v) is 10.4. The first kappa shape index (κ1) is 12.3. The van der Waals surface area contributed by atoms with Gasteiger partial charge >= 0.3 is 0 Å². The van der Waals surface area contributed by atoms with Crippen LogP contribution in [0, 0.1) is 0 Å². The van der Waals surface area contributed by atoms with E-state index in [1.54, 1.807) is 12.3 Å². The van der Waals surface area contributed by atoms with Crippen LogP contribution in [0.2, 0.25) is 0 Å². The van der Waals surface area contributed by atoms with Gasteiger partial charge in [-0.3, -0.25) is 20.1 Å². The van der Waals surface area contributed by atoms with Crippen LogP contribution in [0.1, 0.15) is 16.1 Å². The van der Waals surface area contributed by atoms with E-state index in [0.29, 0.717) is 5.56 Å². The van der Waals surface area contributed by atoms with Crippen LogP contribution in [-0.2, 0) is 6.54 Å². The molecule has 2 heterocycles. The molecule has 0 bridgehead atoms. The SMILES string of the molecule is NNC(=O)c1ccc(CN2CCSCC2)nc1. The molecule has 0 aliphatic carbocycles. The number of nitrogens with two attached hydrogens (primary N) is 1. The number of nitrogen functional groups attached to an aromatic ring is 1. The Kier molecular flexibility index (Phi) is 4.36. The highest BCUT2D eigenvalue weighted by Crippen LogP contribution is 2.12. The zero-order chi connectivity index (χ0) is 12.1. The summed E-state index contributed by atoms with van der Waals surface area (Å²) >= 11 is 1.99. The third-order valence-corrected chi connectivity index (χ3v) is 3.65. The highest BCUT2D eigenvalue weighted by atomic mass is 32.2. The van der Waals surface area contributed by atoms with E-state index in [1.807, 2.05) is 17.8 Å². The Bertz CT molecular complexity index is 376. The number of hydrogen-bond acceptors (Lipinski definition) is 5. The van der Waals surface area contributed by atoms with Crippen molar-refractivity contribution in [2.75, 3.05) is 24.6 Å². The van der Waals surface area contributed by atoms with Gasteiger partial charge in [0.2, 0.25) is 0 Å². The van der Waals surface area contributed by atoms with Gasteiger partial charge in [0.1, 0.15) is 0 Å². The summed E-state index contributed by atoms with van der Waals surface area (Å²) in [6.07, 6.45) is 1.57. The number of aromatic nitrogens is 1. The molecule has 1 aliphatic rings. The minimum atomic E-state index is -0.307. The normalized spacial score (nSPS) is 16.8. The number of hydrogen-bond donors (Lipinski definition) is 2. The third-order valence-electron chi connectivity index (χ3n) is 2.71. The van der Waals surface area contributed by atoms with Crippen molar-refractivity contribution in [3.05, 3.63) is 29.6 Å². The molecule has 1 aliphatic heterocycles. The number of carbonyl (C=O) groups excluding carboxylic acids is 1. The summed E-state index contributed by atoms with van der Waals surface area (Å²) in [5.41, 5.74) is 3.57. The number of rotatable bonds is 3. The molecule has 0 saturated carbocycles. The van der Waals surface area contributed by atoms with Crippen molar-refractivity contribution >= 4 is 17.7 Å². The van der Waals surface area contributed by atoms with E-state index < -0.39 is 0 Å². The van der Waals surface area contributed by atoms with Gasteiger partial charge < -0.3 is 0 Å². The Morgan fingerprint density at radius 1 is 1.47 bits per heavy atom. The summed E-state index contributed by atoms with van der Waals surface area (Å²) in [7, 11) is 0. The van der Waals surface area contributed by atoms with E-state index in [4.69, 9.17) is 5.84 Å². The Morgan fingerprint density at radius 3 is 2.82 bits per heavy atom. The number of thioether (sulfide) groups is 1. The maximum absolute atomic E-state index is 11.2. The largest absolute Gasteiger partial charge is 0.296 e. The molecule has 0 radical (unpaired) electrons. The third kappa shape index (κ3) is 3.42. The van der Waals surface area contributed by atoms with Crippen molar-refractivity contribution in [1.82, 2.24) is 15.3 Å². The standard InChI is InChI=1S/C11H16N4OS/c12-14-11(16)9-1-2-10(13-7-9)8-15-3-5-17-6-4-15/h1-2,7H,3-6,8,12H2,(H,14,16). The topological polar surface area (TPSA) is 71.2 Å². The summed E-state index contributed by atoms with van der Waals surface area (Å²) in [4.78, 5) is 17.9. The first-order valence-electron chi connectivity index (χ1n) is 5.55. The average molecular weight is 252 g/mol. The van der Waals surface area contributed by atoms with Gasteiger partial charge in [0.15, 0.2) is 0 Å². The summed E-state index contributed by atoms with van der Waals surface area (Å²) in [6.45, 7) is 3.07. The molecule has 6 heteroatoms. The maximum Gasteiger partial charge on any atom is 0.266 e. The van der Waals surface area contributed by atoms with Gasteiger partial charge in [-0.2, -0.15) is 11.8 Å². The first-order valence-corrected chi connectivity index (χ1v) is 6.71. The van der Waals surface area contributed by atoms with Crippen LogP contribution in [0.4, 0.5) is 0 Å². The maximum atomic E-state index is 11.2. The van der Waals surface area contributed by atoms with E-state index in [1.165, 1.54) is 11.5 Å². The lowest BCUT2D eigenvalue weighted by Crippen LogP contribution is -2.32. The molecule has 1 aromatic heterocycles. The van der Waals surface area contributed by atoms with Gasteiger partial charge in [0.25, 0.3) is 5.91 Å². The average Bonchev–Trinajstić information content (AvgIpc) is 2.40. The number of pyridine rings is 1. The first-order chi connectivity index (χ1) is 8.29. The summed E-state index contributed by atoms with van der Waals surface area (Å²) in [5, 5.41) is 0. The van der Waals surface area contributed by atoms with Crippen molar-refractivity contribution < 1.29 is 4.79 Å². The van der Waals surface area contributed by atoms with E-state index in [0.717, 1.165) is 25.3 Å². The Morgan fingerprint density at radius 2 is 2.24 bits per heavy atom. The molecule has 1 aromatic rings.